The van der Waals surface area contributed by atoms with Crippen LogP contribution in [0.25, 0.3) is 0 Å². The third-order valence-corrected chi connectivity index (χ3v) is 1.68. The molecule has 0 aromatic rings. The van der Waals surface area contributed by atoms with Gasteiger partial charge in [0.1, 0.15) is 12.1 Å². The molecule has 0 saturated carbocycles. The molecule has 0 heterocycles. The largest absolute Gasteiger partial charge is 0.444 e. The molecule has 0 aliphatic rings. The molecule has 0 spiro atoms. The van der Waals surface area contributed by atoms with Gasteiger partial charge >= 0.3 is 6.09 Å². The Morgan fingerprint density at radius 3 is 2.47 bits per heavy atom. The molecular weight excluding hydrogens is 220 g/mol. The van der Waals surface area contributed by atoms with E-state index in [1.165, 1.54) is 11.9 Å². The summed E-state index contributed by atoms with van der Waals surface area (Å²) in [5.41, 5.74) is -0.564. The van der Waals surface area contributed by atoms with Crippen LogP contribution < -0.4 is 5.32 Å². The van der Waals surface area contributed by atoms with Crippen LogP contribution in [0.4, 0.5) is 4.79 Å². The third kappa shape index (κ3) is 8.14. The van der Waals surface area contributed by atoms with E-state index in [9.17, 15) is 9.59 Å². The summed E-state index contributed by atoms with van der Waals surface area (Å²) in [4.78, 5) is 24.1. The Hall–Kier alpha value is -1.70. The van der Waals surface area contributed by atoms with Crippen LogP contribution in [0.1, 0.15) is 27.2 Å². The molecule has 0 aliphatic carbocycles. The summed E-state index contributed by atoms with van der Waals surface area (Å²) in [6, 6.07) is 0. The minimum atomic E-state index is -0.564. The number of terminal acetylenes is 1. The van der Waals surface area contributed by atoms with Crippen LogP contribution in [-0.2, 0) is 9.53 Å². The minimum Gasteiger partial charge on any atom is -0.444 e. The summed E-state index contributed by atoms with van der Waals surface area (Å²) in [6.45, 7) is 5.68. The van der Waals surface area contributed by atoms with Crippen molar-refractivity contribution in [3.8, 4) is 12.3 Å². The number of carbonyl (C=O) groups excluding carboxylic acids is 2. The van der Waals surface area contributed by atoms with E-state index in [4.69, 9.17) is 11.2 Å². The second-order valence-corrected chi connectivity index (χ2v) is 4.64. The molecule has 0 rings (SSSR count). The lowest BCUT2D eigenvalue weighted by atomic mass is 10.2. The fourth-order valence-electron chi connectivity index (χ4n) is 0.950. The minimum absolute atomic E-state index is 0.0422. The van der Waals surface area contributed by atoms with Gasteiger partial charge in [0.25, 0.3) is 0 Å². The van der Waals surface area contributed by atoms with Gasteiger partial charge in [0.05, 0.1) is 0 Å². The highest BCUT2D eigenvalue weighted by Gasteiger charge is 2.20. The Balaban J connectivity index is 4.00. The summed E-state index contributed by atoms with van der Waals surface area (Å²) >= 11 is 0. The van der Waals surface area contributed by atoms with Gasteiger partial charge in [-0.2, -0.15) is 0 Å². The van der Waals surface area contributed by atoms with E-state index < -0.39 is 11.7 Å². The van der Waals surface area contributed by atoms with Crippen molar-refractivity contribution in [1.82, 2.24) is 10.2 Å². The maximum atomic E-state index is 11.5. The molecule has 0 fully saturated rings. The van der Waals surface area contributed by atoms with Crippen LogP contribution in [0.2, 0.25) is 0 Å². The number of amides is 2. The molecular formula is C12H20N2O3. The number of likely N-dealkylation sites (N-methyl/N-ethyl adjacent to an activating group) is 1. The van der Waals surface area contributed by atoms with Gasteiger partial charge in [-0.1, -0.05) is 0 Å². The number of hydrogen-bond donors (Lipinski definition) is 1. The highest BCUT2D eigenvalue weighted by atomic mass is 16.6. The molecule has 0 radical (unpaired) electrons. The number of nitrogens with one attached hydrogen (secondary N) is 1. The van der Waals surface area contributed by atoms with Crippen molar-refractivity contribution in [1.29, 1.82) is 0 Å². The Morgan fingerprint density at radius 2 is 2.00 bits per heavy atom. The molecule has 5 heteroatoms. The summed E-state index contributed by atoms with van der Waals surface area (Å²) in [7, 11) is 1.51. The van der Waals surface area contributed by atoms with Crippen LogP contribution in [-0.4, -0.2) is 42.6 Å². The second kappa shape index (κ2) is 6.79. The van der Waals surface area contributed by atoms with Crippen molar-refractivity contribution in [3.63, 3.8) is 0 Å². The first-order valence-corrected chi connectivity index (χ1v) is 5.40. The van der Waals surface area contributed by atoms with Crippen molar-refractivity contribution in [2.75, 3.05) is 20.1 Å². The third-order valence-electron chi connectivity index (χ3n) is 1.68. The first-order valence-electron chi connectivity index (χ1n) is 5.40. The standard InChI is InChI=1S/C12H20N2O3/c1-6-7-8-13-10(15)9-14(5)11(16)17-12(2,3)4/h1H,7-9H2,2-5H3,(H,13,15). The van der Waals surface area contributed by atoms with Crippen molar-refractivity contribution >= 4 is 12.0 Å². The maximum absolute atomic E-state index is 11.5. The van der Waals surface area contributed by atoms with E-state index in [1.54, 1.807) is 20.8 Å². The average Bonchev–Trinajstić information content (AvgIpc) is 2.15. The zero-order valence-corrected chi connectivity index (χ0v) is 10.9. The number of carbonyl (C=O) groups is 2. The Kier molecular flexibility index (Phi) is 6.11. The van der Waals surface area contributed by atoms with E-state index in [0.29, 0.717) is 13.0 Å². The molecule has 0 aromatic heterocycles. The quantitative estimate of drug-likeness (QED) is 0.589. The zero-order valence-electron chi connectivity index (χ0n) is 10.9. The van der Waals surface area contributed by atoms with E-state index in [-0.39, 0.29) is 12.5 Å². The van der Waals surface area contributed by atoms with Crippen molar-refractivity contribution in [2.24, 2.45) is 0 Å². The predicted molar refractivity (Wildman–Crippen MR) is 65.3 cm³/mol. The number of ether oxygens (including phenoxy) is 1. The Morgan fingerprint density at radius 1 is 1.41 bits per heavy atom. The van der Waals surface area contributed by atoms with E-state index >= 15 is 0 Å². The van der Waals surface area contributed by atoms with E-state index in [0.717, 1.165) is 0 Å². The normalized spacial score (nSPS) is 10.3. The van der Waals surface area contributed by atoms with E-state index in [1.807, 2.05) is 0 Å². The first kappa shape index (κ1) is 15.3. The summed E-state index contributed by atoms with van der Waals surface area (Å²) in [5, 5.41) is 2.60. The van der Waals surface area contributed by atoms with Crippen LogP contribution in [0.5, 0.6) is 0 Å². The van der Waals surface area contributed by atoms with Gasteiger partial charge in [0.2, 0.25) is 5.91 Å². The number of nitrogens with zero attached hydrogens (tertiary/aromatic N) is 1. The van der Waals surface area contributed by atoms with Gasteiger partial charge in [-0.05, 0) is 20.8 Å². The summed E-state index contributed by atoms with van der Waals surface area (Å²) < 4.78 is 5.10. The topological polar surface area (TPSA) is 58.6 Å². The Labute approximate surface area is 102 Å². The molecule has 0 atom stereocenters. The van der Waals surface area contributed by atoms with Crippen molar-refractivity contribution in [2.45, 2.75) is 32.8 Å². The van der Waals surface area contributed by atoms with Crippen molar-refractivity contribution in [3.05, 3.63) is 0 Å². The number of hydrogen-bond acceptors (Lipinski definition) is 3. The molecule has 1 N–H and O–H groups in total. The van der Waals surface area contributed by atoms with Crippen LogP contribution >= 0.6 is 0 Å². The summed E-state index contributed by atoms with van der Waals surface area (Å²) in [6.07, 6.45) is 5.00. The molecule has 0 saturated heterocycles. The lowest BCUT2D eigenvalue weighted by molar-refractivity contribution is -0.121. The highest BCUT2D eigenvalue weighted by Crippen LogP contribution is 2.08. The molecule has 2 amide bonds. The van der Waals surface area contributed by atoms with Gasteiger partial charge in [-0.15, -0.1) is 12.3 Å². The van der Waals surface area contributed by atoms with Crippen LogP contribution in [0.3, 0.4) is 0 Å². The zero-order chi connectivity index (χ0) is 13.5. The summed E-state index contributed by atoms with van der Waals surface area (Å²) in [5.74, 6) is 2.15. The fourth-order valence-corrected chi connectivity index (χ4v) is 0.950. The second-order valence-electron chi connectivity index (χ2n) is 4.64. The lowest BCUT2D eigenvalue weighted by Crippen LogP contribution is -2.41. The molecule has 0 aromatic carbocycles. The van der Waals surface area contributed by atoms with E-state index in [2.05, 4.69) is 11.2 Å². The van der Waals surface area contributed by atoms with Gasteiger partial charge in [0.15, 0.2) is 0 Å². The lowest BCUT2D eigenvalue weighted by Gasteiger charge is -2.24. The first-order chi connectivity index (χ1) is 7.76. The Bertz CT molecular complexity index is 313. The molecule has 5 nitrogen and oxygen atoms in total. The SMILES string of the molecule is C#CCCNC(=O)CN(C)C(=O)OC(C)(C)C. The molecule has 96 valence electrons. The van der Waals surface area contributed by atoms with Gasteiger partial charge < -0.3 is 15.0 Å². The maximum Gasteiger partial charge on any atom is 0.410 e. The smallest absolute Gasteiger partial charge is 0.410 e. The molecule has 0 unspecified atom stereocenters. The monoisotopic (exact) mass is 240 g/mol. The molecule has 0 aliphatic heterocycles. The number of rotatable bonds is 4. The highest BCUT2D eigenvalue weighted by molar-refractivity contribution is 5.82. The van der Waals surface area contributed by atoms with Crippen LogP contribution in [0.15, 0.2) is 0 Å². The molecule has 17 heavy (non-hydrogen) atoms. The predicted octanol–water partition coefficient (Wildman–Crippen LogP) is 0.993. The fraction of sp³-hybridized carbons (Fsp3) is 0.667. The van der Waals surface area contributed by atoms with Crippen molar-refractivity contribution < 1.29 is 14.3 Å². The van der Waals surface area contributed by atoms with Gasteiger partial charge in [-0.25, -0.2) is 4.79 Å². The average molecular weight is 240 g/mol. The van der Waals surface area contributed by atoms with Crippen LogP contribution in [0, 0.1) is 12.3 Å². The van der Waals surface area contributed by atoms with Gasteiger partial charge in [-0.3, -0.25) is 4.79 Å². The molecule has 0 bridgehead atoms. The van der Waals surface area contributed by atoms with Gasteiger partial charge in [0, 0.05) is 20.0 Å².